The third-order valence-corrected chi connectivity index (χ3v) is 5.30. The number of hydrogen-bond donors (Lipinski definition) is 1. The first kappa shape index (κ1) is 18.8. The summed E-state index contributed by atoms with van der Waals surface area (Å²) < 4.78 is 5.00. The van der Waals surface area contributed by atoms with Crippen LogP contribution in [0.15, 0.2) is 41.8 Å². The second kappa shape index (κ2) is 7.71. The highest BCUT2D eigenvalue weighted by Crippen LogP contribution is 2.24. The summed E-state index contributed by atoms with van der Waals surface area (Å²) in [4.78, 5) is 50.8. The van der Waals surface area contributed by atoms with Crippen LogP contribution in [-0.2, 0) is 14.3 Å². The van der Waals surface area contributed by atoms with Crippen molar-refractivity contribution in [3.05, 3.63) is 57.8 Å². The number of amides is 3. The van der Waals surface area contributed by atoms with E-state index in [9.17, 15) is 19.2 Å². The molecule has 0 saturated heterocycles. The molecule has 7 nitrogen and oxygen atoms in total. The van der Waals surface area contributed by atoms with Gasteiger partial charge in [0.15, 0.2) is 6.61 Å². The summed E-state index contributed by atoms with van der Waals surface area (Å²) in [5, 5.41) is 4.63. The Morgan fingerprint density at radius 3 is 2.26 bits per heavy atom. The van der Waals surface area contributed by atoms with Gasteiger partial charge in [-0.15, -0.1) is 11.3 Å². The molecule has 1 aromatic carbocycles. The average Bonchev–Trinajstić information content (AvgIpc) is 3.28. The second-order valence-electron chi connectivity index (χ2n) is 6.11. The molecule has 1 aliphatic heterocycles. The second-order valence-corrected chi connectivity index (χ2v) is 7.09. The Balaban J connectivity index is 1.56. The molecular formula is C19H18N2O5S. The van der Waals surface area contributed by atoms with E-state index in [1.807, 2.05) is 24.4 Å². The van der Waals surface area contributed by atoms with Crippen molar-refractivity contribution in [1.82, 2.24) is 10.2 Å². The summed E-state index contributed by atoms with van der Waals surface area (Å²) in [6.45, 7) is 2.74. The van der Waals surface area contributed by atoms with Crippen LogP contribution in [0.2, 0.25) is 0 Å². The van der Waals surface area contributed by atoms with Gasteiger partial charge in [-0.25, -0.2) is 4.79 Å². The molecule has 0 aliphatic carbocycles. The van der Waals surface area contributed by atoms with E-state index in [1.165, 1.54) is 30.4 Å². The van der Waals surface area contributed by atoms with Gasteiger partial charge in [0.1, 0.15) is 6.04 Å². The summed E-state index contributed by atoms with van der Waals surface area (Å²) in [7, 11) is 0. The van der Waals surface area contributed by atoms with Gasteiger partial charge in [0.2, 0.25) is 0 Å². The summed E-state index contributed by atoms with van der Waals surface area (Å²) >= 11 is 1.51. The van der Waals surface area contributed by atoms with Gasteiger partial charge in [-0.05, 0) is 37.4 Å². The van der Waals surface area contributed by atoms with Gasteiger partial charge in [0.05, 0.1) is 17.2 Å². The lowest BCUT2D eigenvalue weighted by Crippen LogP contribution is -2.44. The fourth-order valence-electron chi connectivity index (χ4n) is 2.81. The fraction of sp³-hybridized carbons (Fsp3) is 0.263. The molecule has 3 amide bonds. The molecule has 0 radical (unpaired) electrons. The van der Waals surface area contributed by atoms with Gasteiger partial charge in [-0.1, -0.05) is 18.2 Å². The van der Waals surface area contributed by atoms with E-state index < -0.39 is 36.3 Å². The average molecular weight is 386 g/mol. The largest absolute Gasteiger partial charge is 0.454 e. The first-order chi connectivity index (χ1) is 12.9. The number of carbonyl (C=O) groups is 4. The molecule has 140 valence electrons. The standard InChI is InChI=1S/C19H18N2O5S/c1-11(15-8-5-9-27-15)20-16(22)10-26-19(25)12(2)21-17(23)13-6-3-4-7-14(13)18(21)24/h3-9,11-12H,10H2,1-2H3,(H,20,22)/t11-,12-/m1/s1. The van der Waals surface area contributed by atoms with E-state index in [1.54, 1.807) is 12.1 Å². The fourth-order valence-corrected chi connectivity index (χ4v) is 3.55. The zero-order valence-corrected chi connectivity index (χ0v) is 15.6. The molecule has 1 N–H and O–H groups in total. The van der Waals surface area contributed by atoms with Gasteiger partial charge < -0.3 is 10.1 Å². The lowest BCUT2D eigenvalue weighted by atomic mass is 10.1. The third-order valence-electron chi connectivity index (χ3n) is 4.25. The van der Waals surface area contributed by atoms with E-state index in [-0.39, 0.29) is 17.2 Å². The van der Waals surface area contributed by atoms with Crippen LogP contribution in [0.3, 0.4) is 0 Å². The van der Waals surface area contributed by atoms with Crippen molar-refractivity contribution in [2.24, 2.45) is 0 Å². The predicted molar refractivity (Wildman–Crippen MR) is 98.2 cm³/mol. The van der Waals surface area contributed by atoms with E-state index in [0.717, 1.165) is 9.78 Å². The van der Waals surface area contributed by atoms with Gasteiger partial charge in [-0.2, -0.15) is 0 Å². The number of nitrogens with one attached hydrogen (secondary N) is 1. The molecule has 0 unspecified atom stereocenters. The van der Waals surface area contributed by atoms with E-state index in [0.29, 0.717) is 0 Å². The smallest absolute Gasteiger partial charge is 0.329 e. The zero-order valence-electron chi connectivity index (χ0n) is 14.8. The lowest BCUT2D eigenvalue weighted by Gasteiger charge is -2.21. The maximum Gasteiger partial charge on any atom is 0.329 e. The third kappa shape index (κ3) is 3.75. The Morgan fingerprint density at radius 2 is 1.70 bits per heavy atom. The number of benzene rings is 1. The van der Waals surface area contributed by atoms with Crippen molar-refractivity contribution in [3.8, 4) is 0 Å². The maximum absolute atomic E-state index is 12.4. The zero-order chi connectivity index (χ0) is 19.6. The molecule has 3 rings (SSSR count). The first-order valence-corrected chi connectivity index (χ1v) is 9.24. The van der Waals surface area contributed by atoms with Crippen molar-refractivity contribution in [1.29, 1.82) is 0 Å². The number of fused-ring (bicyclic) bond motifs is 1. The Labute approximate surface area is 159 Å². The Morgan fingerprint density at radius 1 is 1.07 bits per heavy atom. The summed E-state index contributed by atoms with van der Waals surface area (Å²) in [5.41, 5.74) is 0.509. The van der Waals surface area contributed by atoms with Gasteiger partial charge >= 0.3 is 5.97 Å². The monoisotopic (exact) mass is 386 g/mol. The van der Waals surface area contributed by atoms with Crippen molar-refractivity contribution < 1.29 is 23.9 Å². The van der Waals surface area contributed by atoms with Crippen LogP contribution in [-0.4, -0.2) is 41.2 Å². The van der Waals surface area contributed by atoms with E-state index >= 15 is 0 Å². The summed E-state index contributed by atoms with van der Waals surface area (Å²) in [6, 6.07) is 8.81. The minimum Gasteiger partial charge on any atom is -0.454 e. The Kier molecular flexibility index (Phi) is 5.36. The molecular weight excluding hydrogens is 368 g/mol. The SMILES string of the molecule is C[C@H](C(=O)OCC(=O)N[C@H](C)c1cccs1)N1C(=O)c2ccccc2C1=O. The number of imide groups is 1. The number of hydrogen-bond acceptors (Lipinski definition) is 6. The van der Waals surface area contributed by atoms with E-state index in [2.05, 4.69) is 5.32 Å². The van der Waals surface area contributed by atoms with Gasteiger partial charge in [0, 0.05) is 4.88 Å². The molecule has 0 fully saturated rings. The number of ether oxygens (including phenoxy) is 1. The van der Waals surface area contributed by atoms with Crippen LogP contribution in [0.5, 0.6) is 0 Å². The molecule has 2 aromatic rings. The molecule has 0 saturated carbocycles. The molecule has 0 spiro atoms. The topological polar surface area (TPSA) is 92.8 Å². The predicted octanol–water partition coefficient (Wildman–Crippen LogP) is 2.15. The number of carbonyl (C=O) groups excluding carboxylic acids is 4. The molecule has 0 bridgehead atoms. The van der Waals surface area contributed by atoms with Crippen molar-refractivity contribution >= 4 is 35.0 Å². The minimum atomic E-state index is -1.13. The number of rotatable bonds is 6. The van der Waals surface area contributed by atoms with Crippen LogP contribution >= 0.6 is 11.3 Å². The van der Waals surface area contributed by atoms with Crippen LogP contribution < -0.4 is 5.32 Å². The molecule has 1 aliphatic rings. The Hall–Kier alpha value is -3.00. The summed E-state index contributed by atoms with van der Waals surface area (Å²) in [5.74, 6) is -2.37. The maximum atomic E-state index is 12.4. The highest BCUT2D eigenvalue weighted by Gasteiger charge is 2.41. The van der Waals surface area contributed by atoms with E-state index in [4.69, 9.17) is 4.74 Å². The van der Waals surface area contributed by atoms with Crippen molar-refractivity contribution in [2.75, 3.05) is 6.61 Å². The van der Waals surface area contributed by atoms with Crippen LogP contribution in [0.4, 0.5) is 0 Å². The molecule has 2 atom stereocenters. The van der Waals surface area contributed by atoms with Crippen LogP contribution in [0.1, 0.15) is 45.5 Å². The summed E-state index contributed by atoms with van der Waals surface area (Å²) in [6.07, 6.45) is 0. The molecule has 2 heterocycles. The molecule has 27 heavy (non-hydrogen) atoms. The van der Waals surface area contributed by atoms with Crippen molar-refractivity contribution in [2.45, 2.75) is 25.9 Å². The normalized spacial score (nSPS) is 15.3. The minimum absolute atomic E-state index is 0.204. The van der Waals surface area contributed by atoms with Gasteiger partial charge in [0.25, 0.3) is 17.7 Å². The number of nitrogens with zero attached hydrogens (tertiary/aromatic N) is 1. The molecule has 8 heteroatoms. The Bertz CT molecular complexity index is 858. The molecule has 1 aromatic heterocycles. The number of esters is 1. The highest BCUT2D eigenvalue weighted by molar-refractivity contribution is 7.10. The van der Waals surface area contributed by atoms with Gasteiger partial charge in [-0.3, -0.25) is 19.3 Å². The van der Waals surface area contributed by atoms with Crippen molar-refractivity contribution in [3.63, 3.8) is 0 Å². The lowest BCUT2D eigenvalue weighted by molar-refractivity contribution is -0.152. The van der Waals surface area contributed by atoms with Crippen LogP contribution in [0.25, 0.3) is 0 Å². The first-order valence-electron chi connectivity index (χ1n) is 8.36. The quantitative estimate of drug-likeness (QED) is 0.607. The highest BCUT2D eigenvalue weighted by atomic mass is 32.1. The van der Waals surface area contributed by atoms with Crippen LogP contribution in [0, 0.1) is 0 Å². The number of thiophene rings is 1.